The van der Waals surface area contributed by atoms with Gasteiger partial charge >= 0.3 is 0 Å². The molecular weight excluding hydrogens is 270 g/mol. The minimum absolute atomic E-state index is 0.604. The lowest BCUT2D eigenvalue weighted by Crippen LogP contribution is -2.27. The monoisotopic (exact) mass is 295 g/mol. The predicted molar refractivity (Wildman–Crippen MR) is 85.4 cm³/mol. The molecule has 0 saturated heterocycles. The van der Waals surface area contributed by atoms with Crippen LogP contribution in [0.5, 0.6) is 0 Å². The fraction of sp³-hybridized carbons (Fsp3) is 0.647. The van der Waals surface area contributed by atoms with Crippen LogP contribution in [0.4, 0.5) is 0 Å². The molecule has 0 heterocycles. The largest absolute Gasteiger partial charge is 0.381 e. The molecular formula is C17H26ClNO. The summed E-state index contributed by atoms with van der Waals surface area (Å²) in [7, 11) is 0. The van der Waals surface area contributed by atoms with Crippen molar-refractivity contribution in [1.29, 1.82) is 0 Å². The van der Waals surface area contributed by atoms with Crippen molar-refractivity contribution >= 4 is 11.6 Å². The Labute approximate surface area is 127 Å². The lowest BCUT2D eigenvalue weighted by molar-refractivity contribution is 0.120. The lowest BCUT2D eigenvalue weighted by atomic mass is 9.96. The van der Waals surface area contributed by atoms with E-state index in [1.54, 1.807) is 0 Å². The maximum absolute atomic E-state index is 6.28. The molecule has 2 rings (SSSR count). The second kappa shape index (κ2) is 8.66. The first kappa shape index (κ1) is 15.8. The first-order chi connectivity index (χ1) is 9.79. The summed E-state index contributed by atoms with van der Waals surface area (Å²) in [5, 5.41) is 4.53. The number of benzene rings is 1. The van der Waals surface area contributed by atoms with E-state index in [-0.39, 0.29) is 0 Å². The topological polar surface area (TPSA) is 21.3 Å². The van der Waals surface area contributed by atoms with Crippen LogP contribution in [0, 0.1) is 5.92 Å². The van der Waals surface area contributed by atoms with E-state index in [0.29, 0.717) is 5.92 Å². The summed E-state index contributed by atoms with van der Waals surface area (Å²) in [6, 6.07) is 8.95. The number of hydrogen-bond donors (Lipinski definition) is 1. The van der Waals surface area contributed by atoms with E-state index in [2.05, 4.69) is 24.4 Å². The molecule has 1 unspecified atom stereocenters. The second-order valence-corrected chi connectivity index (χ2v) is 6.15. The highest BCUT2D eigenvalue weighted by Crippen LogP contribution is 2.23. The summed E-state index contributed by atoms with van der Waals surface area (Å²) in [5.74, 6) is 0.604. The van der Waals surface area contributed by atoms with Crippen LogP contribution in [-0.2, 0) is 11.2 Å². The first-order valence-corrected chi connectivity index (χ1v) is 8.22. The predicted octanol–water partition coefficient (Wildman–Crippen LogP) is 4.07. The van der Waals surface area contributed by atoms with Crippen molar-refractivity contribution in [3.8, 4) is 0 Å². The van der Waals surface area contributed by atoms with Gasteiger partial charge in [0.25, 0.3) is 0 Å². The summed E-state index contributed by atoms with van der Waals surface area (Å²) < 4.78 is 5.64. The number of ether oxygens (including phenoxy) is 1. The molecule has 1 aliphatic carbocycles. The van der Waals surface area contributed by atoms with Crippen LogP contribution in [-0.4, -0.2) is 25.8 Å². The average molecular weight is 296 g/mol. The van der Waals surface area contributed by atoms with Crippen molar-refractivity contribution in [1.82, 2.24) is 5.32 Å². The molecule has 0 amide bonds. The van der Waals surface area contributed by atoms with Crippen LogP contribution in [0.3, 0.4) is 0 Å². The molecule has 1 saturated carbocycles. The number of halogens is 1. The van der Waals surface area contributed by atoms with Gasteiger partial charge in [0, 0.05) is 24.3 Å². The van der Waals surface area contributed by atoms with E-state index in [1.165, 1.54) is 18.4 Å². The number of hydrogen-bond acceptors (Lipinski definition) is 2. The van der Waals surface area contributed by atoms with Gasteiger partial charge in [-0.15, -0.1) is 0 Å². The first-order valence-electron chi connectivity index (χ1n) is 7.84. The van der Waals surface area contributed by atoms with Crippen molar-refractivity contribution in [2.75, 3.05) is 19.8 Å². The van der Waals surface area contributed by atoms with Crippen LogP contribution < -0.4 is 5.32 Å². The summed E-state index contributed by atoms with van der Waals surface area (Å²) in [4.78, 5) is 0. The van der Waals surface area contributed by atoms with E-state index in [9.17, 15) is 0 Å². The molecule has 3 heteroatoms. The molecule has 2 nitrogen and oxygen atoms in total. The van der Waals surface area contributed by atoms with Gasteiger partial charge in [0.15, 0.2) is 0 Å². The quantitative estimate of drug-likeness (QED) is 0.657. The van der Waals surface area contributed by atoms with Crippen LogP contribution in [0.25, 0.3) is 0 Å². The highest BCUT2D eigenvalue weighted by molar-refractivity contribution is 6.31. The van der Waals surface area contributed by atoms with E-state index in [1.807, 2.05) is 12.1 Å². The SMILES string of the molecule is CCCOCCC(CNC1CC1)Cc1ccccc1Cl. The van der Waals surface area contributed by atoms with E-state index < -0.39 is 0 Å². The van der Waals surface area contributed by atoms with Gasteiger partial charge in [-0.1, -0.05) is 36.7 Å². The molecule has 1 N–H and O–H groups in total. The molecule has 1 aliphatic rings. The Morgan fingerprint density at radius 3 is 2.80 bits per heavy atom. The standard InChI is InChI=1S/C17H26ClNO/c1-2-10-20-11-9-14(13-19-16-7-8-16)12-15-5-3-4-6-17(15)18/h3-6,14,16,19H,2,7-13H2,1H3. The molecule has 0 aromatic heterocycles. The Morgan fingerprint density at radius 1 is 1.30 bits per heavy atom. The zero-order valence-corrected chi connectivity index (χ0v) is 13.2. The number of rotatable bonds is 10. The Hall–Kier alpha value is -0.570. The van der Waals surface area contributed by atoms with Crippen molar-refractivity contribution in [2.24, 2.45) is 5.92 Å². The van der Waals surface area contributed by atoms with E-state index in [4.69, 9.17) is 16.3 Å². The third-order valence-electron chi connectivity index (χ3n) is 3.76. The average Bonchev–Trinajstić information content (AvgIpc) is 3.27. The van der Waals surface area contributed by atoms with Crippen LogP contribution in [0.2, 0.25) is 5.02 Å². The molecule has 1 atom stereocenters. The fourth-order valence-corrected chi connectivity index (χ4v) is 2.58. The molecule has 1 aromatic carbocycles. The molecule has 0 spiro atoms. The van der Waals surface area contributed by atoms with Gasteiger partial charge in [0.2, 0.25) is 0 Å². The van der Waals surface area contributed by atoms with E-state index >= 15 is 0 Å². The van der Waals surface area contributed by atoms with Gasteiger partial charge in [-0.05, 0) is 56.2 Å². The molecule has 0 aliphatic heterocycles. The Balaban J connectivity index is 1.81. The highest BCUT2D eigenvalue weighted by atomic mass is 35.5. The fourth-order valence-electron chi connectivity index (χ4n) is 2.37. The molecule has 20 heavy (non-hydrogen) atoms. The van der Waals surface area contributed by atoms with Gasteiger partial charge in [-0.25, -0.2) is 0 Å². The van der Waals surface area contributed by atoms with Gasteiger partial charge < -0.3 is 10.1 Å². The Kier molecular flexibility index (Phi) is 6.85. The van der Waals surface area contributed by atoms with Crippen LogP contribution in [0.15, 0.2) is 24.3 Å². The van der Waals surface area contributed by atoms with Gasteiger partial charge in [0.05, 0.1) is 0 Å². The number of nitrogens with one attached hydrogen (secondary N) is 1. The van der Waals surface area contributed by atoms with Gasteiger partial charge in [-0.2, -0.15) is 0 Å². The minimum Gasteiger partial charge on any atom is -0.381 e. The summed E-state index contributed by atoms with van der Waals surface area (Å²) in [5.41, 5.74) is 1.26. The zero-order valence-electron chi connectivity index (χ0n) is 12.4. The molecule has 0 radical (unpaired) electrons. The van der Waals surface area contributed by atoms with Crippen LogP contribution >= 0.6 is 11.6 Å². The molecule has 0 bridgehead atoms. The smallest absolute Gasteiger partial charge is 0.0469 e. The Morgan fingerprint density at radius 2 is 2.10 bits per heavy atom. The third kappa shape index (κ3) is 5.82. The van der Waals surface area contributed by atoms with E-state index in [0.717, 1.165) is 50.1 Å². The highest BCUT2D eigenvalue weighted by Gasteiger charge is 2.22. The van der Waals surface area contributed by atoms with Gasteiger partial charge in [0.1, 0.15) is 0 Å². The molecule has 112 valence electrons. The zero-order chi connectivity index (χ0) is 14.2. The van der Waals surface area contributed by atoms with Crippen molar-refractivity contribution < 1.29 is 4.74 Å². The van der Waals surface area contributed by atoms with Crippen LogP contribution in [0.1, 0.15) is 38.2 Å². The normalized spacial score (nSPS) is 16.3. The Bertz CT molecular complexity index is 392. The summed E-state index contributed by atoms with van der Waals surface area (Å²) in [6.45, 7) is 4.95. The van der Waals surface area contributed by atoms with Gasteiger partial charge in [-0.3, -0.25) is 0 Å². The third-order valence-corrected chi connectivity index (χ3v) is 4.13. The maximum atomic E-state index is 6.28. The van der Waals surface area contributed by atoms with Crippen molar-refractivity contribution in [2.45, 2.75) is 45.1 Å². The second-order valence-electron chi connectivity index (χ2n) is 5.75. The minimum atomic E-state index is 0.604. The summed E-state index contributed by atoms with van der Waals surface area (Å²) in [6.07, 6.45) is 5.91. The van der Waals surface area contributed by atoms with Crippen molar-refractivity contribution in [3.63, 3.8) is 0 Å². The van der Waals surface area contributed by atoms with Crippen molar-refractivity contribution in [3.05, 3.63) is 34.9 Å². The summed E-state index contributed by atoms with van der Waals surface area (Å²) >= 11 is 6.28. The lowest BCUT2D eigenvalue weighted by Gasteiger charge is -2.18. The molecule has 1 fully saturated rings. The molecule has 1 aromatic rings. The maximum Gasteiger partial charge on any atom is 0.0469 e.